The Hall–Kier alpha value is -2.90. The highest BCUT2D eigenvalue weighted by Gasteiger charge is 2.36. The third-order valence-electron chi connectivity index (χ3n) is 4.14. The minimum Gasteiger partial charge on any atom is -0.445 e. The molecule has 1 heterocycles. The lowest BCUT2D eigenvalue weighted by atomic mass is 9.99. The molecule has 0 radical (unpaired) electrons. The molecule has 3 amide bonds. The molecule has 8 heteroatoms. The quantitative estimate of drug-likeness (QED) is 0.744. The number of nitrogens with zero attached hydrogens (tertiary/aromatic N) is 1. The molecule has 1 aliphatic heterocycles. The second-order valence-electron chi connectivity index (χ2n) is 6.06. The summed E-state index contributed by atoms with van der Waals surface area (Å²) in [5, 5.41) is 2.92. The van der Waals surface area contributed by atoms with E-state index in [9.17, 15) is 19.2 Å². The Morgan fingerprint density at radius 3 is 2.35 bits per heavy atom. The lowest BCUT2D eigenvalue weighted by molar-refractivity contribution is -0.199. The van der Waals surface area contributed by atoms with Crippen LogP contribution in [0, 0.1) is 5.92 Å². The maximum absolute atomic E-state index is 12.4. The molecule has 0 bridgehead atoms. The van der Waals surface area contributed by atoms with Gasteiger partial charge < -0.3 is 14.9 Å². The van der Waals surface area contributed by atoms with Crippen LogP contribution in [0.2, 0.25) is 0 Å². The number of rotatable bonds is 7. The molecule has 0 aromatic heterocycles. The van der Waals surface area contributed by atoms with Gasteiger partial charge in [0.25, 0.3) is 11.8 Å². The molecule has 1 N–H and O–H groups in total. The maximum atomic E-state index is 12.4. The lowest BCUT2D eigenvalue weighted by Gasteiger charge is -2.23. The van der Waals surface area contributed by atoms with E-state index >= 15 is 0 Å². The summed E-state index contributed by atoms with van der Waals surface area (Å²) in [6, 6.07) is 8.06. The highest BCUT2D eigenvalue weighted by molar-refractivity contribution is 6.01. The Kier molecular flexibility index (Phi) is 6.71. The second kappa shape index (κ2) is 8.98. The van der Waals surface area contributed by atoms with Gasteiger partial charge in [0, 0.05) is 12.8 Å². The van der Waals surface area contributed by atoms with E-state index in [2.05, 4.69) is 5.32 Å². The molecule has 2 rings (SSSR count). The van der Waals surface area contributed by atoms with E-state index in [4.69, 9.17) is 9.57 Å². The number of hydroxylamine groups is 2. The summed E-state index contributed by atoms with van der Waals surface area (Å²) in [7, 11) is 0. The summed E-state index contributed by atoms with van der Waals surface area (Å²) in [6.07, 6.45) is -0.199. The van der Waals surface area contributed by atoms with Crippen LogP contribution in [0.3, 0.4) is 0 Å². The Labute approximate surface area is 151 Å². The Bertz CT molecular complexity index is 660. The molecule has 0 spiro atoms. The molecular formula is C18H22N2O6. The number of hydrogen-bond donors (Lipinski definition) is 1. The van der Waals surface area contributed by atoms with Crippen LogP contribution < -0.4 is 5.32 Å². The van der Waals surface area contributed by atoms with E-state index < -0.39 is 29.9 Å². The average molecular weight is 362 g/mol. The molecule has 1 saturated heterocycles. The van der Waals surface area contributed by atoms with Gasteiger partial charge in [-0.3, -0.25) is 9.59 Å². The van der Waals surface area contributed by atoms with E-state index in [1.54, 1.807) is 19.1 Å². The molecule has 1 fully saturated rings. The van der Waals surface area contributed by atoms with E-state index in [-0.39, 0.29) is 25.4 Å². The molecule has 8 nitrogen and oxygen atoms in total. The van der Waals surface area contributed by atoms with Crippen molar-refractivity contribution in [1.82, 2.24) is 10.4 Å². The van der Waals surface area contributed by atoms with E-state index in [1.807, 2.05) is 25.1 Å². The van der Waals surface area contributed by atoms with Crippen molar-refractivity contribution in [3.8, 4) is 0 Å². The number of nitrogens with one attached hydrogen (secondary N) is 1. The van der Waals surface area contributed by atoms with Gasteiger partial charge in [-0.2, -0.15) is 0 Å². The normalized spacial score (nSPS) is 16.2. The molecule has 1 aromatic rings. The summed E-state index contributed by atoms with van der Waals surface area (Å²) >= 11 is 0. The van der Waals surface area contributed by atoms with Crippen molar-refractivity contribution >= 4 is 23.9 Å². The van der Waals surface area contributed by atoms with Crippen molar-refractivity contribution in [2.75, 3.05) is 0 Å². The summed E-state index contributed by atoms with van der Waals surface area (Å²) in [4.78, 5) is 52.5. The van der Waals surface area contributed by atoms with Gasteiger partial charge in [-0.05, 0) is 11.5 Å². The number of ether oxygens (including phenoxy) is 1. The van der Waals surface area contributed by atoms with Gasteiger partial charge in [0.15, 0.2) is 0 Å². The summed E-state index contributed by atoms with van der Waals surface area (Å²) < 4.78 is 5.11. The minimum absolute atomic E-state index is 0.00660. The van der Waals surface area contributed by atoms with Crippen LogP contribution in [0.25, 0.3) is 0 Å². The summed E-state index contributed by atoms with van der Waals surface area (Å²) in [5.41, 5.74) is 0.804. The van der Waals surface area contributed by atoms with Gasteiger partial charge in [0.1, 0.15) is 12.6 Å². The summed E-state index contributed by atoms with van der Waals surface area (Å²) in [5.74, 6) is -2.30. The topological polar surface area (TPSA) is 102 Å². The number of imide groups is 1. The van der Waals surface area contributed by atoms with Gasteiger partial charge >= 0.3 is 12.1 Å². The molecule has 0 aliphatic carbocycles. The zero-order chi connectivity index (χ0) is 19.1. The third-order valence-corrected chi connectivity index (χ3v) is 4.14. The molecule has 0 unspecified atom stereocenters. The van der Waals surface area contributed by atoms with Crippen molar-refractivity contribution < 1.29 is 28.8 Å². The Balaban J connectivity index is 1.95. The van der Waals surface area contributed by atoms with Gasteiger partial charge in [-0.15, -0.1) is 5.06 Å². The number of alkyl carbamates (subject to hydrolysis) is 1. The molecule has 2 atom stereocenters. The Morgan fingerprint density at radius 1 is 1.15 bits per heavy atom. The predicted octanol–water partition coefficient (Wildman–Crippen LogP) is 1.93. The highest BCUT2D eigenvalue weighted by atomic mass is 16.7. The van der Waals surface area contributed by atoms with Crippen LogP contribution in [0.4, 0.5) is 4.79 Å². The molecule has 26 heavy (non-hydrogen) atoms. The lowest BCUT2D eigenvalue weighted by Crippen LogP contribution is -2.48. The fourth-order valence-electron chi connectivity index (χ4n) is 2.37. The number of carbonyl (C=O) groups excluding carboxylic acids is 4. The fraction of sp³-hybridized carbons (Fsp3) is 0.444. The van der Waals surface area contributed by atoms with Gasteiger partial charge in [-0.25, -0.2) is 9.59 Å². The van der Waals surface area contributed by atoms with Crippen LogP contribution in [0.5, 0.6) is 0 Å². The van der Waals surface area contributed by atoms with Crippen molar-refractivity contribution in [2.45, 2.75) is 45.8 Å². The van der Waals surface area contributed by atoms with Gasteiger partial charge in [0.2, 0.25) is 0 Å². The van der Waals surface area contributed by atoms with Crippen molar-refractivity contribution in [3.63, 3.8) is 0 Å². The largest absolute Gasteiger partial charge is 0.445 e. The zero-order valence-corrected chi connectivity index (χ0v) is 14.8. The number of hydrogen-bond acceptors (Lipinski definition) is 6. The van der Waals surface area contributed by atoms with Crippen LogP contribution >= 0.6 is 0 Å². The smallest absolute Gasteiger partial charge is 0.408 e. The second-order valence-corrected chi connectivity index (χ2v) is 6.06. The fourth-order valence-corrected chi connectivity index (χ4v) is 2.37. The first-order valence-electron chi connectivity index (χ1n) is 8.47. The number of benzene rings is 1. The highest BCUT2D eigenvalue weighted by Crippen LogP contribution is 2.16. The van der Waals surface area contributed by atoms with Gasteiger partial charge in [0.05, 0.1) is 0 Å². The van der Waals surface area contributed by atoms with E-state index in [0.29, 0.717) is 11.5 Å². The molecule has 1 aromatic carbocycles. The standard InChI is InChI=1S/C18H22N2O6/c1-3-12(2)16(17(23)26-20-14(21)9-10-15(20)22)19-18(24)25-11-13-7-5-4-6-8-13/h4-8,12,16H,3,9-11H2,1-2H3,(H,19,24)/t12-,16+/m1/s1. The average Bonchev–Trinajstić information content (AvgIpc) is 2.96. The van der Waals surface area contributed by atoms with Crippen molar-refractivity contribution in [2.24, 2.45) is 5.92 Å². The molecule has 0 saturated carbocycles. The van der Waals surface area contributed by atoms with Crippen LogP contribution in [0.15, 0.2) is 30.3 Å². The van der Waals surface area contributed by atoms with Gasteiger partial charge in [-0.1, -0.05) is 50.6 Å². The first kappa shape index (κ1) is 19.4. The number of carbonyl (C=O) groups is 4. The van der Waals surface area contributed by atoms with E-state index in [1.165, 1.54) is 0 Å². The SMILES string of the molecule is CC[C@@H](C)[C@H](NC(=O)OCc1ccccc1)C(=O)ON1C(=O)CCC1=O. The first-order chi connectivity index (χ1) is 12.4. The molecular weight excluding hydrogens is 340 g/mol. The third kappa shape index (κ3) is 5.05. The first-order valence-corrected chi connectivity index (χ1v) is 8.47. The monoisotopic (exact) mass is 362 g/mol. The predicted molar refractivity (Wildman–Crippen MR) is 90.2 cm³/mol. The van der Waals surface area contributed by atoms with Crippen molar-refractivity contribution in [1.29, 1.82) is 0 Å². The van der Waals surface area contributed by atoms with Crippen LogP contribution in [0.1, 0.15) is 38.7 Å². The minimum atomic E-state index is -1.04. The maximum Gasteiger partial charge on any atom is 0.408 e. The Morgan fingerprint density at radius 2 is 1.77 bits per heavy atom. The number of amides is 3. The zero-order valence-electron chi connectivity index (χ0n) is 14.8. The van der Waals surface area contributed by atoms with Crippen LogP contribution in [-0.4, -0.2) is 35.0 Å². The molecule has 1 aliphatic rings. The summed E-state index contributed by atoms with van der Waals surface area (Å²) in [6.45, 7) is 3.64. The molecule has 140 valence electrons. The van der Waals surface area contributed by atoms with E-state index in [0.717, 1.165) is 5.56 Å². The van der Waals surface area contributed by atoms with Crippen LogP contribution in [-0.2, 0) is 30.6 Å². The van der Waals surface area contributed by atoms with Crippen molar-refractivity contribution in [3.05, 3.63) is 35.9 Å².